The number of hydrogen-bond donors (Lipinski definition) is 3. The summed E-state index contributed by atoms with van der Waals surface area (Å²) in [6, 6.07) is 27.3. The molecular weight excluding hydrogens is 512 g/mol. The van der Waals surface area contributed by atoms with E-state index in [1.165, 1.54) is 47.6 Å². The van der Waals surface area contributed by atoms with Gasteiger partial charge in [0.25, 0.3) is 0 Å². The molecule has 0 amide bonds. The van der Waals surface area contributed by atoms with Gasteiger partial charge < -0.3 is 15.5 Å². The number of β-amino-alcohol motifs (C(OH)–C–C–N with tert-alkyl or cyclic N) is 1. The molecule has 0 bridgehead atoms. The van der Waals surface area contributed by atoms with Crippen LogP contribution < -0.4 is 5.32 Å². The van der Waals surface area contributed by atoms with Gasteiger partial charge in [-0.1, -0.05) is 66.7 Å². The molecular formula is C31H34N2O5S. The summed E-state index contributed by atoms with van der Waals surface area (Å²) in [6.07, 6.45) is -0.176. The summed E-state index contributed by atoms with van der Waals surface area (Å²) < 4.78 is 27.7. The van der Waals surface area contributed by atoms with Gasteiger partial charge in [0.15, 0.2) is 0 Å². The number of rotatable bonds is 11. The highest BCUT2D eigenvalue weighted by molar-refractivity contribution is 7.89. The van der Waals surface area contributed by atoms with Gasteiger partial charge in [-0.25, -0.2) is 13.2 Å². The first-order valence-corrected chi connectivity index (χ1v) is 14.2. The maximum Gasteiger partial charge on any atom is 0.335 e. The number of fused-ring (bicyclic) bond motifs is 1. The van der Waals surface area contributed by atoms with Gasteiger partial charge in [0.1, 0.15) is 0 Å². The van der Waals surface area contributed by atoms with E-state index in [0.717, 1.165) is 10.7 Å². The minimum Gasteiger partial charge on any atom is -0.478 e. The summed E-state index contributed by atoms with van der Waals surface area (Å²) in [5.41, 5.74) is 2.17. The maximum atomic E-state index is 13.3. The van der Waals surface area contributed by atoms with Crippen molar-refractivity contribution in [2.45, 2.75) is 36.8 Å². The van der Waals surface area contributed by atoms with Crippen LogP contribution in [-0.4, -0.2) is 60.7 Å². The van der Waals surface area contributed by atoms with Crippen LogP contribution in [0.4, 0.5) is 0 Å². The molecule has 0 fully saturated rings. The van der Waals surface area contributed by atoms with Crippen molar-refractivity contribution in [2.75, 3.05) is 20.1 Å². The van der Waals surface area contributed by atoms with Gasteiger partial charge in [0, 0.05) is 25.7 Å². The molecule has 0 aliphatic heterocycles. The third-order valence-electron chi connectivity index (χ3n) is 6.73. The fraction of sp³-hybridized carbons (Fsp3) is 0.258. The smallest absolute Gasteiger partial charge is 0.335 e. The Labute approximate surface area is 229 Å². The molecule has 0 aliphatic rings. The van der Waals surface area contributed by atoms with Crippen LogP contribution in [0.1, 0.15) is 29.8 Å². The van der Waals surface area contributed by atoms with E-state index in [4.69, 9.17) is 0 Å². The lowest BCUT2D eigenvalue weighted by Gasteiger charge is -2.29. The van der Waals surface area contributed by atoms with Crippen LogP contribution in [0.5, 0.6) is 0 Å². The van der Waals surface area contributed by atoms with Gasteiger partial charge in [-0.05, 0) is 72.0 Å². The highest BCUT2D eigenvalue weighted by atomic mass is 32.2. The van der Waals surface area contributed by atoms with Crippen molar-refractivity contribution < 1.29 is 23.4 Å². The number of likely N-dealkylation sites (N-methyl/N-ethyl adjacent to an activating group) is 1. The predicted octanol–water partition coefficient (Wildman–Crippen LogP) is 4.80. The largest absolute Gasteiger partial charge is 0.478 e. The second kappa shape index (κ2) is 11.7. The van der Waals surface area contributed by atoms with Crippen molar-refractivity contribution in [1.82, 2.24) is 9.62 Å². The minimum atomic E-state index is -3.88. The monoisotopic (exact) mass is 546 g/mol. The standard InChI is InChI=1S/C31H34N2O5S/c1-31(2,19-22-14-15-23-8-4-5-9-24(23)16-22)32-20-28(34)21-33(3)39(37,38)29-13-7-11-26(18-29)25-10-6-12-27(17-25)30(35)36/h4-18,28,32,34H,19-21H2,1-3H3,(H,35,36). The van der Waals surface area contributed by atoms with Gasteiger partial charge in [-0.15, -0.1) is 0 Å². The number of carboxylic acids is 1. The van der Waals surface area contributed by atoms with Crippen LogP contribution in [0.25, 0.3) is 21.9 Å². The quantitative estimate of drug-likeness (QED) is 0.250. The summed E-state index contributed by atoms with van der Waals surface area (Å²) >= 11 is 0. The van der Waals surface area contributed by atoms with E-state index in [9.17, 15) is 23.4 Å². The number of nitrogens with one attached hydrogen (secondary N) is 1. The fourth-order valence-corrected chi connectivity index (χ4v) is 5.88. The molecule has 1 atom stereocenters. The minimum absolute atomic E-state index is 0.0695. The number of carboxylic acid groups (broad SMARTS) is 1. The Hall–Kier alpha value is -3.56. The van der Waals surface area contributed by atoms with Crippen molar-refractivity contribution in [3.63, 3.8) is 0 Å². The van der Waals surface area contributed by atoms with Crippen LogP contribution in [0.15, 0.2) is 95.9 Å². The molecule has 39 heavy (non-hydrogen) atoms. The Morgan fingerprint density at radius 1 is 0.897 bits per heavy atom. The highest BCUT2D eigenvalue weighted by Crippen LogP contribution is 2.25. The Morgan fingerprint density at radius 3 is 2.28 bits per heavy atom. The van der Waals surface area contributed by atoms with Gasteiger partial charge in [-0.2, -0.15) is 4.31 Å². The number of aliphatic hydroxyl groups is 1. The van der Waals surface area contributed by atoms with Gasteiger partial charge in [-0.3, -0.25) is 0 Å². The molecule has 4 rings (SSSR count). The van der Waals surface area contributed by atoms with Gasteiger partial charge in [0.2, 0.25) is 10.0 Å². The van der Waals surface area contributed by atoms with Gasteiger partial charge in [0.05, 0.1) is 16.6 Å². The number of carbonyl (C=O) groups is 1. The van der Waals surface area contributed by atoms with Crippen molar-refractivity contribution in [3.8, 4) is 11.1 Å². The lowest BCUT2D eigenvalue weighted by atomic mass is 9.93. The van der Waals surface area contributed by atoms with E-state index in [1.54, 1.807) is 24.3 Å². The number of hydrogen-bond acceptors (Lipinski definition) is 5. The van der Waals surface area contributed by atoms with Crippen LogP contribution >= 0.6 is 0 Å². The molecule has 8 heteroatoms. The molecule has 0 heterocycles. The Bertz CT molecular complexity index is 1580. The summed E-state index contributed by atoms with van der Waals surface area (Å²) in [5.74, 6) is -1.05. The summed E-state index contributed by atoms with van der Waals surface area (Å²) in [4.78, 5) is 11.4. The number of aromatic carboxylic acids is 1. The van der Waals surface area contributed by atoms with E-state index in [0.29, 0.717) is 11.1 Å². The molecule has 4 aromatic rings. The molecule has 3 N–H and O–H groups in total. The van der Waals surface area contributed by atoms with Crippen molar-refractivity contribution in [2.24, 2.45) is 0 Å². The summed E-state index contributed by atoms with van der Waals surface area (Å²) in [6.45, 7) is 4.25. The number of sulfonamides is 1. The van der Waals surface area contributed by atoms with Crippen LogP contribution in [-0.2, 0) is 16.4 Å². The first kappa shape index (κ1) is 28.4. The Morgan fingerprint density at radius 2 is 1.56 bits per heavy atom. The average Bonchev–Trinajstić information content (AvgIpc) is 2.92. The predicted molar refractivity (Wildman–Crippen MR) is 154 cm³/mol. The Kier molecular flexibility index (Phi) is 8.51. The first-order chi connectivity index (χ1) is 18.4. The van der Waals surface area contributed by atoms with E-state index >= 15 is 0 Å². The third-order valence-corrected chi connectivity index (χ3v) is 8.55. The second-order valence-electron chi connectivity index (χ2n) is 10.5. The number of nitrogens with zero attached hydrogens (tertiary/aromatic N) is 1. The molecule has 0 spiro atoms. The third kappa shape index (κ3) is 7.10. The maximum absolute atomic E-state index is 13.3. The highest BCUT2D eigenvalue weighted by Gasteiger charge is 2.25. The van der Waals surface area contributed by atoms with E-state index in [2.05, 4.69) is 49.5 Å². The molecule has 7 nitrogen and oxygen atoms in total. The molecule has 1 unspecified atom stereocenters. The molecule has 0 radical (unpaired) electrons. The molecule has 4 aromatic carbocycles. The lowest BCUT2D eigenvalue weighted by Crippen LogP contribution is -2.47. The lowest BCUT2D eigenvalue weighted by molar-refractivity contribution is 0.0697. The summed E-state index contributed by atoms with van der Waals surface area (Å²) in [7, 11) is -2.44. The number of aliphatic hydroxyl groups excluding tert-OH is 1. The Balaban J connectivity index is 1.38. The van der Waals surface area contributed by atoms with Crippen molar-refractivity contribution in [1.29, 1.82) is 0 Å². The second-order valence-corrected chi connectivity index (χ2v) is 12.5. The van der Waals surface area contributed by atoms with E-state index in [1.807, 2.05) is 12.1 Å². The van der Waals surface area contributed by atoms with Crippen LogP contribution in [0.2, 0.25) is 0 Å². The molecule has 0 aliphatic carbocycles. The first-order valence-electron chi connectivity index (χ1n) is 12.8. The molecule has 0 aromatic heterocycles. The van der Waals surface area contributed by atoms with E-state index in [-0.39, 0.29) is 29.1 Å². The van der Waals surface area contributed by atoms with Gasteiger partial charge >= 0.3 is 5.97 Å². The zero-order valence-corrected chi connectivity index (χ0v) is 23.2. The van der Waals surface area contributed by atoms with E-state index < -0.39 is 22.1 Å². The van der Waals surface area contributed by atoms with Crippen molar-refractivity contribution >= 4 is 26.8 Å². The SMILES string of the molecule is CN(CC(O)CNC(C)(C)Cc1ccc2ccccc2c1)S(=O)(=O)c1cccc(-c2cccc(C(=O)O)c2)c1. The van der Waals surface area contributed by atoms with Crippen molar-refractivity contribution in [3.05, 3.63) is 102 Å². The zero-order valence-electron chi connectivity index (χ0n) is 22.3. The molecule has 0 saturated carbocycles. The normalized spacial score (nSPS) is 13.1. The zero-order chi connectivity index (χ0) is 28.2. The number of benzene rings is 4. The fourth-order valence-electron chi connectivity index (χ4n) is 4.62. The average molecular weight is 547 g/mol. The van der Waals surface area contributed by atoms with Crippen LogP contribution in [0.3, 0.4) is 0 Å². The summed E-state index contributed by atoms with van der Waals surface area (Å²) in [5, 5.41) is 25.7. The molecule has 0 saturated heterocycles. The van der Waals surface area contributed by atoms with Crippen LogP contribution in [0, 0.1) is 0 Å². The molecule has 204 valence electrons. The topological polar surface area (TPSA) is 107 Å².